The number of nitrogens with one attached hydrogen (secondary N) is 1. The monoisotopic (exact) mass is 420 g/mol. The number of nitrogens with zero attached hydrogens (tertiary/aromatic N) is 1. The van der Waals surface area contributed by atoms with Gasteiger partial charge in [-0.2, -0.15) is 0 Å². The molecule has 0 rings (SSSR count). The van der Waals surface area contributed by atoms with E-state index in [2.05, 4.69) is 87.8 Å². The van der Waals surface area contributed by atoms with E-state index in [0.29, 0.717) is 0 Å². The summed E-state index contributed by atoms with van der Waals surface area (Å²) in [4.78, 5) is 16.3. The molecule has 0 aliphatic heterocycles. The molecular weight excluding hydrogens is 377 g/mol. The van der Waals surface area contributed by atoms with Gasteiger partial charge >= 0.3 is 5.97 Å². The van der Waals surface area contributed by atoms with Crippen molar-refractivity contribution in [2.45, 2.75) is 97.4 Å². The minimum absolute atomic E-state index is 0.0332. The Balaban J connectivity index is 5.00. The average molecular weight is 421 g/mol. The molecule has 0 saturated carbocycles. The predicted molar refractivity (Wildman–Crippen MR) is 122 cm³/mol. The Morgan fingerprint density at radius 3 is 1.64 bits per heavy atom. The van der Waals surface area contributed by atoms with Gasteiger partial charge in [0.25, 0.3) is 0 Å². The molecule has 0 aliphatic carbocycles. The third kappa shape index (κ3) is 11.5. The Morgan fingerprint density at radius 1 is 0.880 bits per heavy atom. The summed E-state index contributed by atoms with van der Waals surface area (Å²) in [5.74, 6) is -0.0332. The highest BCUT2D eigenvalue weighted by molar-refractivity contribution is 6.89. The summed E-state index contributed by atoms with van der Waals surface area (Å²) in [6.07, 6.45) is 1.93. The molecule has 0 amide bonds. The van der Waals surface area contributed by atoms with Crippen molar-refractivity contribution in [3.63, 3.8) is 0 Å². The van der Waals surface area contributed by atoms with Gasteiger partial charge in [-0.25, -0.2) is 0 Å². The van der Waals surface area contributed by atoms with Crippen LogP contribution in [0.2, 0.25) is 78.6 Å². The van der Waals surface area contributed by atoms with Gasteiger partial charge in [0.1, 0.15) is 24.7 Å². The fourth-order valence-electron chi connectivity index (χ4n) is 3.28. The molecule has 0 aromatic heterocycles. The lowest BCUT2D eigenvalue weighted by Gasteiger charge is -2.44. The Morgan fingerprint density at radius 2 is 1.32 bits per heavy atom. The normalized spacial score (nSPS) is 15.4. The summed E-state index contributed by atoms with van der Waals surface area (Å²) in [5.41, 5.74) is 0. The summed E-state index contributed by atoms with van der Waals surface area (Å²) in [5, 5.41) is 0. The molecule has 1 atom stereocenters. The molecule has 0 aromatic carbocycles. The maximum atomic E-state index is 12.7. The Bertz CT molecular complexity index is 418. The minimum atomic E-state index is -1.85. The zero-order valence-electron chi connectivity index (χ0n) is 19.0. The quantitative estimate of drug-likeness (QED) is 0.510. The Hall–Kier alpha value is 0.258. The summed E-state index contributed by atoms with van der Waals surface area (Å²) >= 11 is 0. The lowest BCUT2D eigenvalue weighted by atomic mass is 10.2. The van der Waals surface area contributed by atoms with E-state index < -0.39 is 33.0 Å². The molecule has 0 radical (unpaired) electrons. The first kappa shape index (κ1) is 25.3. The van der Waals surface area contributed by atoms with Gasteiger partial charge in [0.2, 0.25) is 8.32 Å². The van der Waals surface area contributed by atoms with Crippen molar-refractivity contribution in [3.05, 3.63) is 0 Å². The summed E-state index contributed by atoms with van der Waals surface area (Å²) in [6, 6.07) is -0.150. The van der Waals surface area contributed by atoms with Gasteiger partial charge in [-0.05, 0) is 39.0 Å². The van der Waals surface area contributed by atoms with Gasteiger partial charge in [-0.3, -0.25) is 4.79 Å². The molecule has 0 heterocycles. The second kappa shape index (κ2) is 8.96. The minimum Gasteiger partial charge on any atom is -0.519 e. The molecule has 1 N–H and O–H groups in total. The predicted octanol–water partition coefficient (Wildman–Crippen LogP) is 4.91. The molecule has 25 heavy (non-hydrogen) atoms. The summed E-state index contributed by atoms with van der Waals surface area (Å²) in [6.45, 7) is 28.7. The van der Waals surface area contributed by atoms with Crippen LogP contribution in [0.5, 0.6) is 0 Å². The first-order valence-electron chi connectivity index (χ1n) is 9.61. The third-order valence-corrected chi connectivity index (χ3v) is 13.5. The molecule has 150 valence electrons. The van der Waals surface area contributed by atoms with Gasteiger partial charge < -0.3 is 13.6 Å². The highest BCUT2D eigenvalue weighted by Gasteiger charge is 2.35. The smallest absolute Gasteiger partial charge is 0.309 e. The first-order chi connectivity index (χ1) is 10.8. The van der Waals surface area contributed by atoms with Crippen LogP contribution in [-0.2, 0) is 9.22 Å². The molecule has 8 heteroatoms. The van der Waals surface area contributed by atoms with Crippen molar-refractivity contribution >= 4 is 39.0 Å². The van der Waals surface area contributed by atoms with Gasteiger partial charge in [-0.15, -0.1) is 0 Å². The first-order valence-corrected chi connectivity index (χ1v) is 23.4. The van der Waals surface area contributed by atoms with E-state index in [-0.39, 0.29) is 12.0 Å². The lowest BCUT2D eigenvalue weighted by molar-refractivity contribution is -0.137. The zero-order valence-corrected chi connectivity index (χ0v) is 23.0. The van der Waals surface area contributed by atoms with E-state index in [1.54, 1.807) is 0 Å². The molecule has 0 bridgehead atoms. The fraction of sp³-hybridized carbons (Fsp3) is 0.941. The molecule has 0 aliphatic rings. The molecule has 0 spiro atoms. The summed E-state index contributed by atoms with van der Waals surface area (Å²) in [7, 11) is -6.06. The van der Waals surface area contributed by atoms with Crippen LogP contribution in [0.4, 0.5) is 0 Å². The highest BCUT2D eigenvalue weighted by atomic mass is 28.4. The van der Waals surface area contributed by atoms with Crippen molar-refractivity contribution < 1.29 is 9.22 Å². The second-order valence-electron chi connectivity index (χ2n) is 11.1. The van der Waals surface area contributed by atoms with Crippen LogP contribution < -0.4 is 4.98 Å². The van der Waals surface area contributed by atoms with Gasteiger partial charge in [0.15, 0.2) is 0 Å². The molecule has 0 saturated heterocycles. The van der Waals surface area contributed by atoms with Crippen molar-refractivity contribution in [1.82, 2.24) is 9.21 Å². The zero-order chi connectivity index (χ0) is 20.3. The number of carbonyl (C=O) groups is 1. The van der Waals surface area contributed by atoms with Crippen LogP contribution in [0.15, 0.2) is 0 Å². The van der Waals surface area contributed by atoms with Crippen LogP contribution in [-0.4, -0.2) is 55.8 Å². The average Bonchev–Trinajstić information content (AvgIpc) is 2.25. The van der Waals surface area contributed by atoms with Gasteiger partial charge in [0.05, 0.1) is 6.04 Å². The lowest BCUT2D eigenvalue weighted by Crippen LogP contribution is -2.59. The number of carbonyl (C=O) groups excluding carboxylic acids is 1. The van der Waals surface area contributed by atoms with Crippen LogP contribution in [0, 0.1) is 0 Å². The van der Waals surface area contributed by atoms with Crippen molar-refractivity contribution in [3.8, 4) is 0 Å². The van der Waals surface area contributed by atoms with Gasteiger partial charge in [0, 0.05) is 0 Å². The Labute approximate surface area is 161 Å². The van der Waals surface area contributed by atoms with Crippen LogP contribution in [0.3, 0.4) is 0 Å². The van der Waals surface area contributed by atoms with E-state index in [4.69, 9.17) is 4.43 Å². The number of hydrogen-bond donors (Lipinski definition) is 1. The molecule has 0 fully saturated rings. The SMILES string of the molecule is C[Si](C)(C)NC(CCCN([Si](C)(C)C)[Si](C)(C)C)C(=O)O[Si](C)(C)C. The maximum Gasteiger partial charge on any atom is 0.309 e. The fourth-order valence-corrected chi connectivity index (χ4v) is 15.0. The van der Waals surface area contributed by atoms with Crippen molar-refractivity contribution in [1.29, 1.82) is 0 Å². The Kier molecular flexibility index (Phi) is 9.06. The molecule has 1 unspecified atom stereocenters. The van der Waals surface area contributed by atoms with E-state index in [0.717, 1.165) is 19.4 Å². The second-order valence-corrected chi connectivity index (χ2v) is 30.5. The van der Waals surface area contributed by atoms with Crippen molar-refractivity contribution in [2.75, 3.05) is 6.54 Å². The molecular formula is C17H44N2O2Si4. The van der Waals surface area contributed by atoms with E-state index in [1.165, 1.54) is 0 Å². The maximum absolute atomic E-state index is 12.7. The van der Waals surface area contributed by atoms with E-state index >= 15 is 0 Å². The third-order valence-electron chi connectivity index (χ3n) is 3.79. The largest absolute Gasteiger partial charge is 0.519 e. The van der Waals surface area contributed by atoms with E-state index in [1.807, 2.05) is 0 Å². The van der Waals surface area contributed by atoms with Gasteiger partial charge in [-0.1, -0.05) is 58.9 Å². The molecule has 0 aromatic rings. The summed E-state index contributed by atoms with van der Waals surface area (Å²) < 4.78 is 8.60. The highest BCUT2D eigenvalue weighted by Crippen LogP contribution is 2.21. The number of hydrogen-bond acceptors (Lipinski definition) is 4. The van der Waals surface area contributed by atoms with Crippen LogP contribution in [0.25, 0.3) is 0 Å². The van der Waals surface area contributed by atoms with Crippen LogP contribution >= 0.6 is 0 Å². The standard InChI is InChI=1S/C17H44N2O2Si4/c1-22(2,3)18-16(17(20)21-25(10,11)12)14-13-15-19(23(4,5)6)24(7,8)9/h16,18H,13-15H2,1-12H3. The van der Waals surface area contributed by atoms with Crippen molar-refractivity contribution in [2.24, 2.45) is 0 Å². The topological polar surface area (TPSA) is 41.6 Å². The number of rotatable bonds is 10. The van der Waals surface area contributed by atoms with Crippen LogP contribution in [0.1, 0.15) is 12.8 Å². The molecule has 4 nitrogen and oxygen atoms in total. The van der Waals surface area contributed by atoms with E-state index in [9.17, 15) is 4.79 Å².